The molecule has 24 heavy (non-hydrogen) atoms. The maximum absolute atomic E-state index is 12.2. The lowest BCUT2D eigenvalue weighted by Gasteiger charge is -2.11. The summed E-state index contributed by atoms with van der Waals surface area (Å²) in [5.74, 6) is -0.317. The molecule has 0 spiro atoms. The number of nitrogens with zero attached hydrogens (tertiary/aromatic N) is 1. The van der Waals surface area contributed by atoms with Crippen LogP contribution in [0.15, 0.2) is 42.3 Å². The summed E-state index contributed by atoms with van der Waals surface area (Å²) in [6.45, 7) is 7.40. The Morgan fingerprint density at radius 1 is 1.33 bits per heavy atom. The van der Waals surface area contributed by atoms with Gasteiger partial charge in [0, 0.05) is 11.1 Å². The van der Waals surface area contributed by atoms with Crippen molar-refractivity contribution in [1.82, 2.24) is 10.3 Å². The summed E-state index contributed by atoms with van der Waals surface area (Å²) >= 11 is 1.57. The van der Waals surface area contributed by atoms with E-state index in [9.17, 15) is 9.59 Å². The van der Waals surface area contributed by atoms with Gasteiger partial charge in [0.1, 0.15) is 5.01 Å². The molecule has 5 nitrogen and oxygen atoms in total. The number of carbonyl (C=O) groups is 2. The number of hydrogen-bond donors (Lipinski definition) is 2. The third-order valence-corrected chi connectivity index (χ3v) is 4.53. The molecule has 1 atom stereocenters. The van der Waals surface area contributed by atoms with E-state index in [0.29, 0.717) is 5.69 Å². The average molecular weight is 343 g/mol. The standard InChI is InChI=1S/C18H21N3O2S/c1-4-14-11-24-18(21-14)12(3)19-17(23)10-13-6-8-15(9-7-13)20-16(22)5-2/h5-9,11-12H,2,4,10H2,1,3H3,(H,19,23)(H,20,22). The molecule has 2 N–H and O–H groups in total. The zero-order chi connectivity index (χ0) is 17.5. The van der Waals surface area contributed by atoms with Gasteiger partial charge in [0.2, 0.25) is 11.8 Å². The summed E-state index contributed by atoms with van der Waals surface area (Å²) in [4.78, 5) is 27.9. The molecule has 0 aliphatic carbocycles. The Labute approximate surface area is 145 Å². The van der Waals surface area contributed by atoms with Crippen molar-refractivity contribution < 1.29 is 9.59 Å². The fourth-order valence-electron chi connectivity index (χ4n) is 2.12. The number of amides is 2. The number of anilines is 1. The SMILES string of the molecule is C=CC(=O)Nc1ccc(CC(=O)NC(C)c2nc(CC)cs2)cc1. The molecule has 1 aromatic carbocycles. The monoisotopic (exact) mass is 343 g/mol. The molecule has 126 valence electrons. The Hall–Kier alpha value is -2.47. The number of hydrogen-bond acceptors (Lipinski definition) is 4. The lowest BCUT2D eigenvalue weighted by molar-refractivity contribution is -0.121. The van der Waals surface area contributed by atoms with Gasteiger partial charge in [-0.1, -0.05) is 25.6 Å². The summed E-state index contributed by atoms with van der Waals surface area (Å²) in [5.41, 5.74) is 2.60. The second-order valence-electron chi connectivity index (χ2n) is 5.39. The van der Waals surface area contributed by atoms with Crippen molar-refractivity contribution in [2.24, 2.45) is 0 Å². The first-order valence-electron chi connectivity index (χ1n) is 7.77. The van der Waals surface area contributed by atoms with Crippen molar-refractivity contribution >= 4 is 28.8 Å². The zero-order valence-electron chi connectivity index (χ0n) is 13.8. The van der Waals surface area contributed by atoms with Crippen molar-refractivity contribution in [3.8, 4) is 0 Å². The second kappa shape index (κ2) is 8.40. The number of carbonyl (C=O) groups excluding carboxylic acids is 2. The number of benzene rings is 1. The quantitative estimate of drug-likeness (QED) is 0.758. The molecule has 0 bridgehead atoms. The van der Waals surface area contributed by atoms with Gasteiger partial charge in [-0.3, -0.25) is 9.59 Å². The number of thiazole rings is 1. The number of rotatable bonds is 7. The minimum Gasteiger partial charge on any atom is -0.347 e. The van der Waals surface area contributed by atoms with E-state index in [-0.39, 0.29) is 24.3 Å². The molecule has 2 amide bonds. The van der Waals surface area contributed by atoms with E-state index >= 15 is 0 Å². The largest absolute Gasteiger partial charge is 0.347 e. The van der Waals surface area contributed by atoms with E-state index in [4.69, 9.17) is 0 Å². The van der Waals surface area contributed by atoms with Crippen molar-refractivity contribution in [1.29, 1.82) is 0 Å². The van der Waals surface area contributed by atoms with Gasteiger partial charge in [-0.05, 0) is 37.1 Å². The van der Waals surface area contributed by atoms with Crippen LogP contribution >= 0.6 is 11.3 Å². The van der Waals surface area contributed by atoms with Gasteiger partial charge in [0.15, 0.2) is 0 Å². The van der Waals surface area contributed by atoms with Crippen LogP contribution in [0.2, 0.25) is 0 Å². The lowest BCUT2D eigenvalue weighted by Crippen LogP contribution is -2.28. The predicted octanol–water partition coefficient (Wildman–Crippen LogP) is 3.25. The summed E-state index contributed by atoms with van der Waals surface area (Å²) in [5, 5.41) is 8.57. The van der Waals surface area contributed by atoms with E-state index in [1.54, 1.807) is 23.5 Å². The molecule has 0 aliphatic heterocycles. The van der Waals surface area contributed by atoms with Crippen molar-refractivity contribution in [3.05, 3.63) is 58.6 Å². The smallest absolute Gasteiger partial charge is 0.247 e. The first-order chi connectivity index (χ1) is 11.5. The lowest BCUT2D eigenvalue weighted by atomic mass is 10.1. The van der Waals surface area contributed by atoms with E-state index in [0.717, 1.165) is 22.7 Å². The number of nitrogens with one attached hydrogen (secondary N) is 2. The summed E-state index contributed by atoms with van der Waals surface area (Å²) in [6.07, 6.45) is 2.39. The van der Waals surface area contributed by atoms with Gasteiger partial charge in [-0.25, -0.2) is 4.98 Å². The number of aryl methyl sites for hydroxylation is 1. The molecule has 0 fully saturated rings. The molecule has 2 aromatic rings. The van der Waals surface area contributed by atoms with Crippen molar-refractivity contribution in [3.63, 3.8) is 0 Å². The predicted molar refractivity (Wildman–Crippen MR) is 97.0 cm³/mol. The Morgan fingerprint density at radius 3 is 2.62 bits per heavy atom. The normalized spacial score (nSPS) is 11.6. The molecular weight excluding hydrogens is 322 g/mol. The Balaban J connectivity index is 1.89. The topological polar surface area (TPSA) is 71.1 Å². The molecule has 0 radical (unpaired) electrons. The van der Waals surface area contributed by atoms with Crippen LogP contribution in [0.3, 0.4) is 0 Å². The highest BCUT2D eigenvalue weighted by atomic mass is 32.1. The molecule has 2 rings (SSSR count). The average Bonchev–Trinajstić information content (AvgIpc) is 3.05. The van der Waals surface area contributed by atoms with E-state index < -0.39 is 0 Å². The first kappa shape index (κ1) is 17.9. The first-order valence-corrected chi connectivity index (χ1v) is 8.65. The van der Waals surface area contributed by atoms with Crippen LogP contribution in [0, 0.1) is 0 Å². The van der Waals surface area contributed by atoms with Gasteiger partial charge < -0.3 is 10.6 Å². The van der Waals surface area contributed by atoms with Crippen LogP contribution in [0.25, 0.3) is 0 Å². The minimum absolute atomic E-state index is 0.0568. The molecule has 0 saturated heterocycles. The van der Waals surface area contributed by atoms with Gasteiger partial charge in [0.05, 0.1) is 18.2 Å². The van der Waals surface area contributed by atoms with Crippen molar-refractivity contribution in [2.45, 2.75) is 32.7 Å². The van der Waals surface area contributed by atoms with Gasteiger partial charge in [-0.15, -0.1) is 11.3 Å². The third kappa shape index (κ3) is 5.03. The molecule has 1 heterocycles. The van der Waals surface area contributed by atoms with E-state index in [1.165, 1.54) is 6.08 Å². The molecule has 6 heteroatoms. The molecule has 0 saturated carbocycles. The van der Waals surface area contributed by atoms with Crippen LogP contribution in [-0.2, 0) is 22.4 Å². The number of aromatic nitrogens is 1. The van der Waals surface area contributed by atoms with Crippen LogP contribution < -0.4 is 10.6 Å². The maximum Gasteiger partial charge on any atom is 0.247 e. The Kier molecular flexibility index (Phi) is 6.26. The minimum atomic E-state index is -0.260. The Bertz CT molecular complexity index is 722. The second-order valence-corrected chi connectivity index (χ2v) is 6.28. The zero-order valence-corrected chi connectivity index (χ0v) is 14.7. The van der Waals surface area contributed by atoms with Crippen molar-refractivity contribution in [2.75, 3.05) is 5.32 Å². The molecule has 1 unspecified atom stereocenters. The maximum atomic E-state index is 12.2. The summed E-state index contributed by atoms with van der Waals surface area (Å²) in [7, 11) is 0. The van der Waals surface area contributed by atoms with Crippen LogP contribution in [0.5, 0.6) is 0 Å². The fraction of sp³-hybridized carbons (Fsp3) is 0.278. The van der Waals surface area contributed by atoms with Gasteiger partial charge in [0.25, 0.3) is 0 Å². The van der Waals surface area contributed by atoms with Crippen LogP contribution in [-0.4, -0.2) is 16.8 Å². The third-order valence-electron chi connectivity index (χ3n) is 3.45. The summed E-state index contributed by atoms with van der Waals surface area (Å²) < 4.78 is 0. The Morgan fingerprint density at radius 2 is 2.04 bits per heavy atom. The van der Waals surface area contributed by atoms with E-state index in [1.807, 2.05) is 24.4 Å². The summed E-state index contributed by atoms with van der Waals surface area (Å²) in [6, 6.07) is 7.07. The molecule has 1 aromatic heterocycles. The van der Waals surface area contributed by atoms with Gasteiger partial charge >= 0.3 is 0 Å². The molecule has 0 aliphatic rings. The van der Waals surface area contributed by atoms with E-state index in [2.05, 4.69) is 29.1 Å². The highest BCUT2D eigenvalue weighted by Crippen LogP contribution is 2.18. The highest BCUT2D eigenvalue weighted by Gasteiger charge is 2.13. The fourth-order valence-corrected chi connectivity index (χ4v) is 3.03. The highest BCUT2D eigenvalue weighted by molar-refractivity contribution is 7.09. The van der Waals surface area contributed by atoms with Crippen LogP contribution in [0.4, 0.5) is 5.69 Å². The van der Waals surface area contributed by atoms with Crippen LogP contribution in [0.1, 0.15) is 36.2 Å². The molecular formula is C18H21N3O2S. The van der Waals surface area contributed by atoms with Gasteiger partial charge in [-0.2, -0.15) is 0 Å².